The van der Waals surface area contributed by atoms with E-state index in [-0.39, 0.29) is 0 Å². The van der Waals surface area contributed by atoms with Crippen LogP contribution in [0.2, 0.25) is 0 Å². The third-order valence-electron chi connectivity index (χ3n) is 3.89. The minimum Gasteiger partial charge on any atom is -0.245 e. The Hall–Kier alpha value is -1.70. The molecule has 0 aliphatic carbocycles. The molecule has 2 aromatic rings. The molecule has 0 spiro atoms. The number of aromatic nitrogens is 2. The van der Waals surface area contributed by atoms with E-state index in [4.69, 9.17) is 0 Å². The zero-order valence-electron chi connectivity index (χ0n) is 13.3. The molecule has 0 amide bonds. The lowest BCUT2D eigenvalue weighted by Gasteiger charge is -2.07. The SMILES string of the molecule is CCCCc1ccc(CCc2cncnc2CCC)cc1. The number of rotatable bonds is 8. The van der Waals surface area contributed by atoms with E-state index in [1.807, 2.05) is 6.20 Å². The predicted molar refractivity (Wildman–Crippen MR) is 88.5 cm³/mol. The summed E-state index contributed by atoms with van der Waals surface area (Å²) in [6, 6.07) is 9.10. The maximum absolute atomic E-state index is 4.42. The van der Waals surface area contributed by atoms with Crippen molar-refractivity contribution in [3.05, 3.63) is 59.2 Å². The summed E-state index contributed by atoms with van der Waals surface area (Å²) in [5.41, 5.74) is 5.37. The van der Waals surface area contributed by atoms with Crippen LogP contribution in [-0.2, 0) is 25.7 Å². The van der Waals surface area contributed by atoms with Gasteiger partial charge in [0.05, 0.1) is 0 Å². The van der Waals surface area contributed by atoms with Gasteiger partial charge >= 0.3 is 0 Å². The Kier molecular flexibility index (Phi) is 6.39. The molecule has 2 heteroatoms. The molecule has 112 valence electrons. The Balaban J connectivity index is 1.93. The molecule has 21 heavy (non-hydrogen) atoms. The summed E-state index contributed by atoms with van der Waals surface area (Å²) >= 11 is 0. The molecular weight excluding hydrogens is 256 g/mol. The topological polar surface area (TPSA) is 25.8 Å². The van der Waals surface area contributed by atoms with Gasteiger partial charge in [0.25, 0.3) is 0 Å². The molecule has 0 fully saturated rings. The maximum atomic E-state index is 4.42. The second-order valence-corrected chi connectivity index (χ2v) is 5.66. The minimum absolute atomic E-state index is 1.03. The molecule has 1 heterocycles. The van der Waals surface area contributed by atoms with Crippen LogP contribution in [0.5, 0.6) is 0 Å². The number of benzene rings is 1. The first kappa shape index (κ1) is 15.7. The van der Waals surface area contributed by atoms with E-state index in [0.29, 0.717) is 0 Å². The van der Waals surface area contributed by atoms with Gasteiger partial charge in [0.1, 0.15) is 6.33 Å². The van der Waals surface area contributed by atoms with Crippen molar-refractivity contribution in [2.24, 2.45) is 0 Å². The molecule has 0 unspecified atom stereocenters. The number of hydrogen-bond donors (Lipinski definition) is 0. The van der Waals surface area contributed by atoms with Crippen LogP contribution >= 0.6 is 0 Å². The van der Waals surface area contributed by atoms with Crippen molar-refractivity contribution in [1.29, 1.82) is 0 Å². The second kappa shape index (κ2) is 8.56. The van der Waals surface area contributed by atoms with Crippen LogP contribution in [-0.4, -0.2) is 9.97 Å². The summed E-state index contributed by atoms with van der Waals surface area (Å²) in [7, 11) is 0. The highest BCUT2D eigenvalue weighted by atomic mass is 14.8. The van der Waals surface area contributed by atoms with Crippen LogP contribution in [0.25, 0.3) is 0 Å². The molecule has 0 N–H and O–H groups in total. The maximum Gasteiger partial charge on any atom is 0.115 e. The molecular formula is C19H26N2. The molecule has 2 rings (SSSR count). The molecule has 0 aliphatic rings. The standard InChI is InChI=1S/C19H26N2/c1-3-5-7-16-8-10-17(11-9-16)12-13-18-14-20-15-21-19(18)6-4-2/h8-11,14-15H,3-7,12-13H2,1-2H3. The summed E-state index contributed by atoms with van der Waals surface area (Å²) in [4.78, 5) is 8.59. The van der Waals surface area contributed by atoms with Crippen molar-refractivity contribution in [2.75, 3.05) is 0 Å². The molecule has 1 aromatic carbocycles. The van der Waals surface area contributed by atoms with Gasteiger partial charge < -0.3 is 0 Å². The van der Waals surface area contributed by atoms with Gasteiger partial charge in [-0.15, -0.1) is 0 Å². The molecule has 0 aliphatic heterocycles. The lowest BCUT2D eigenvalue weighted by atomic mass is 10.0. The van der Waals surface area contributed by atoms with Crippen LogP contribution in [0.15, 0.2) is 36.8 Å². The summed E-state index contributed by atoms with van der Waals surface area (Å²) < 4.78 is 0. The highest BCUT2D eigenvalue weighted by molar-refractivity contribution is 5.25. The van der Waals surface area contributed by atoms with Gasteiger partial charge in [-0.05, 0) is 48.8 Å². The van der Waals surface area contributed by atoms with Crippen molar-refractivity contribution < 1.29 is 0 Å². The number of unbranched alkanes of at least 4 members (excludes halogenated alkanes) is 1. The fourth-order valence-corrected chi connectivity index (χ4v) is 2.59. The third-order valence-corrected chi connectivity index (χ3v) is 3.89. The molecule has 0 saturated heterocycles. The van der Waals surface area contributed by atoms with Gasteiger partial charge in [-0.3, -0.25) is 0 Å². The van der Waals surface area contributed by atoms with Crippen LogP contribution in [0.4, 0.5) is 0 Å². The number of nitrogens with zero attached hydrogens (tertiary/aromatic N) is 2. The Morgan fingerprint density at radius 3 is 2.19 bits per heavy atom. The Morgan fingerprint density at radius 2 is 1.52 bits per heavy atom. The van der Waals surface area contributed by atoms with Crippen LogP contribution in [0.3, 0.4) is 0 Å². The van der Waals surface area contributed by atoms with Crippen molar-refractivity contribution in [2.45, 2.75) is 58.8 Å². The summed E-state index contributed by atoms with van der Waals surface area (Å²) in [5, 5.41) is 0. The average Bonchev–Trinajstić information content (AvgIpc) is 2.53. The van der Waals surface area contributed by atoms with Gasteiger partial charge in [-0.25, -0.2) is 9.97 Å². The van der Waals surface area contributed by atoms with E-state index in [0.717, 1.165) is 25.7 Å². The lowest BCUT2D eigenvalue weighted by Crippen LogP contribution is -2.01. The van der Waals surface area contributed by atoms with E-state index in [1.54, 1.807) is 6.33 Å². The highest BCUT2D eigenvalue weighted by Gasteiger charge is 2.04. The molecule has 0 saturated carbocycles. The van der Waals surface area contributed by atoms with E-state index in [2.05, 4.69) is 48.1 Å². The lowest BCUT2D eigenvalue weighted by molar-refractivity contribution is 0.793. The smallest absolute Gasteiger partial charge is 0.115 e. The van der Waals surface area contributed by atoms with Crippen LogP contribution in [0, 0.1) is 0 Å². The van der Waals surface area contributed by atoms with Crippen molar-refractivity contribution in [3.63, 3.8) is 0 Å². The summed E-state index contributed by atoms with van der Waals surface area (Å²) in [5.74, 6) is 0. The molecule has 1 aromatic heterocycles. The van der Waals surface area contributed by atoms with Gasteiger partial charge in [0.15, 0.2) is 0 Å². The van der Waals surface area contributed by atoms with Gasteiger partial charge in [-0.1, -0.05) is 51.0 Å². The minimum atomic E-state index is 1.03. The summed E-state index contributed by atoms with van der Waals surface area (Å²) in [6.07, 6.45) is 11.7. The highest BCUT2D eigenvalue weighted by Crippen LogP contribution is 2.13. The summed E-state index contributed by atoms with van der Waals surface area (Å²) in [6.45, 7) is 4.44. The monoisotopic (exact) mass is 282 g/mol. The van der Waals surface area contributed by atoms with Crippen LogP contribution < -0.4 is 0 Å². The fourth-order valence-electron chi connectivity index (χ4n) is 2.59. The van der Waals surface area contributed by atoms with E-state index >= 15 is 0 Å². The number of hydrogen-bond acceptors (Lipinski definition) is 2. The largest absolute Gasteiger partial charge is 0.245 e. The zero-order chi connectivity index (χ0) is 14.9. The Morgan fingerprint density at radius 1 is 0.810 bits per heavy atom. The third kappa shape index (κ3) is 4.96. The Bertz CT molecular complexity index is 532. The first-order valence-electron chi connectivity index (χ1n) is 8.19. The molecule has 2 nitrogen and oxygen atoms in total. The van der Waals surface area contributed by atoms with E-state index in [9.17, 15) is 0 Å². The molecule has 0 radical (unpaired) electrons. The van der Waals surface area contributed by atoms with Gasteiger partial charge in [0, 0.05) is 11.9 Å². The van der Waals surface area contributed by atoms with Crippen molar-refractivity contribution in [3.8, 4) is 0 Å². The van der Waals surface area contributed by atoms with E-state index < -0.39 is 0 Å². The van der Waals surface area contributed by atoms with Crippen LogP contribution in [0.1, 0.15) is 55.5 Å². The van der Waals surface area contributed by atoms with E-state index in [1.165, 1.54) is 41.6 Å². The molecule has 0 bridgehead atoms. The predicted octanol–water partition coefficient (Wildman–Crippen LogP) is 4.56. The first-order chi connectivity index (χ1) is 10.3. The fraction of sp³-hybridized carbons (Fsp3) is 0.474. The number of aryl methyl sites for hydroxylation is 4. The second-order valence-electron chi connectivity index (χ2n) is 5.66. The van der Waals surface area contributed by atoms with Crippen molar-refractivity contribution >= 4 is 0 Å². The normalized spacial score (nSPS) is 10.8. The van der Waals surface area contributed by atoms with Crippen molar-refractivity contribution in [1.82, 2.24) is 9.97 Å². The van der Waals surface area contributed by atoms with Gasteiger partial charge in [-0.2, -0.15) is 0 Å². The zero-order valence-corrected chi connectivity index (χ0v) is 13.3. The Labute approximate surface area is 128 Å². The quantitative estimate of drug-likeness (QED) is 0.709. The van der Waals surface area contributed by atoms with Gasteiger partial charge in [0.2, 0.25) is 0 Å². The average molecular weight is 282 g/mol. The first-order valence-corrected chi connectivity index (χ1v) is 8.19. The molecule has 0 atom stereocenters.